The van der Waals surface area contributed by atoms with Gasteiger partial charge in [0.15, 0.2) is 6.10 Å². The van der Waals surface area contributed by atoms with Gasteiger partial charge in [0.1, 0.15) is 12.6 Å². The second-order valence-electron chi connectivity index (χ2n) is 5.93. The van der Waals surface area contributed by atoms with Crippen LogP contribution in [0.5, 0.6) is 0 Å². The van der Waals surface area contributed by atoms with Gasteiger partial charge in [-0.25, -0.2) is 9.59 Å². The zero-order valence-electron chi connectivity index (χ0n) is 13.5. The van der Waals surface area contributed by atoms with E-state index in [4.69, 9.17) is 9.47 Å². The number of likely N-dealkylation sites (tertiary alicyclic amines) is 1. The number of benzene rings is 1. The number of rotatable bonds is 4. The van der Waals surface area contributed by atoms with Gasteiger partial charge < -0.3 is 9.47 Å². The van der Waals surface area contributed by atoms with Gasteiger partial charge in [-0.05, 0) is 18.4 Å². The molecule has 0 saturated carbocycles. The van der Waals surface area contributed by atoms with Gasteiger partial charge in [0, 0.05) is 6.54 Å². The Kier molecular flexibility index (Phi) is 4.97. The number of nitrogens with one attached hydrogen (secondary N) is 1. The first-order valence-corrected chi connectivity index (χ1v) is 8.06. The van der Waals surface area contributed by atoms with Crippen LogP contribution in [0.1, 0.15) is 24.8 Å². The Hall–Kier alpha value is -2.90. The summed E-state index contributed by atoms with van der Waals surface area (Å²) in [5, 5.41) is 2.07. The molecule has 1 aromatic rings. The van der Waals surface area contributed by atoms with Crippen molar-refractivity contribution < 1.29 is 28.7 Å². The van der Waals surface area contributed by atoms with E-state index in [0.29, 0.717) is 19.4 Å². The number of ether oxygens (including phenoxy) is 2. The Morgan fingerprint density at radius 3 is 2.64 bits per heavy atom. The van der Waals surface area contributed by atoms with E-state index in [1.165, 1.54) is 4.90 Å². The van der Waals surface area contributed by atoms with Crippen molar-refractivity contribution in [3.8, 4) is 0 Å². The lowest BCUT2D eigenvalue weighted by Crippen LogP contribution is -2.43. The molecular formula is C17H18N2O6. The Morgan fingerprint density at radius 2 is 1.96 bits per heavy atom. The zero-order valence-corrected chi connectivity index (χ0v) is 13.5. The number of hydrogen-bond acceptors (Lipinski definition) is 6. The number of carbonyl (C=O) groups excluding carboxylic acids is 4. The molecule has 2 heterocycles. The monoisotopic (exact) mass is 346 g/mol. The van der Waals surface area contributed by atoms with Gasteiger partial charge in [-0.2, -0.15) is 0 Å². The number of nitrogens with zero attached hydrogens (tertiary/aromatic N) is 1. The third-order valence-electron chi connectivity index (χ3n) is 4.15. The lowest BCUT2D eigenvalue weighted by molar-refractivity contribution is -0.158. The van der Waals surface area contributed by atoms with Gasteiger partial charge in [0.25, 0.3) is 5.91 Å². The molecule has 0 radical (unpaired) electrons. The van der Waals surface area contributed by atoms with Crippen LogP contribution in [0.4, 0.5) is 4.79 Å². The number of esters is 1. The number of hydrogen-bond donors (Lipinski definition) is 1. The first-order chi connectivity index (χ1) is 12.0. The van der Waals surface area contributed by atoms with E-state index in [2.05, 4.69) is 5.32 Å². The Bertz CT molecular complexity index is 690. The van der Waals surface area contributed by atoms with Crippen LogP contribution < -0.4 is 5.32 Å². The topological polar surface area (TPSA) is 102 Å². The van der Waals surface area contributed by atoms with Gasteiger partial charge in [-0.15, -0.1) is 0 Å². The fourth-order valence-electron chi connectivity index (χ4n) is 2.88. The fourth-order valence-corrected chi connectivity index (χ4v) is 2.88. The molecule has 0 unspecified atom stereocenters. The number of carbonyl (C=O) groups is 4. The van der Waals surface area contributed by atoms with E-state index in [9.17, 15) is 19.2 Å². The molecule has 2 saturated heterocycles. The highest BCUT2D eigenvalue weighted by Crippen LogP contribution is 2.21. The molecule has 2 aliphatic rings. The lowest BCUT2D eigenvalue weighted by atomic mass is 10.2. The molecule has 2 fully saturated rings. The van der Waals surface area contributed by atoms with Crippen molar-refractivity contribution in [1.82, 2.24) is 10.2 Å². The van der Waals surface area contributed by atoms with Crippen LogP contribution in [0.3, 0.4) is 0 Å². The van der Waals surface area contributed by atoms with E-state index in [1.807, 2.05) is 30.3 Å². The van der Waals surface area contributed by atoms with Crippen LogP contribution in [0.25, 0.3) is 0 Å². The summed E-state index contributed by atoms with van der Waals surface area (Å²) in [5.74, 6) is -1.80. The molecule has 1 N–H and O–H groups in total. The lowest BCUT2D eigenvalue weighted by Gasteiger charge is -2.23. The predicted octanol–water partition coefficient (Wildman–Crippen LogP) is 0.746. The van der Waals surface area contributed by atoms with Crippen molar-refractivity contribution in [3.63, 3.8) is 0 Å². The van der Waals surface area contributed by atoms with Gasteiger partial charge in [-0.3, -0.25) is 19.8 Å². The van der Waals surface area contributed by atoms with Gasteiger partial charge in [0.05, 0.1) is 6.42 Å². The SMILES string of the molecule is O=C1C[C@H](OC(=O)[C@@H]2CCCN2C(=O)OCc2ccccc2)C(=O)N1. The maximum absolute atomic E-state index is 12.3. The summed E-state index contributed by atoms with van der Waals surface area (Å²) in [6, 6.07) is 8.41. The highest BCUT2D eigenvalue weighted by Gasteiger charge is 2.40. The molecule has 2 aliphatic heterocycles. The van der Waals surface area contributed by atoms with Crippen LogP contribution in [0.2, 0.25) is 0 Å². The van der Waals surface area contributed by atoms with E-state index in [1.54, 1.807) is 0 Å². The van der Waals surface area contributed by atoms with Gasteiger partial charge in [-0.1, -0.05) is 30.3 Å². The van der Waals surface area contributed by atoms with E-state index >= 15 is 0 Å². The van der Waals surface area contributed by atoms with Crippen LogP contribution in [0.15, 0.2) is 30.3 Å². The molecule has 0 aliphatic carbocycles. The average molecular weight is 346 g/mol. The maximum Gasteiger partial charge on any atom is 0.410 e. The summed E-state index contributed by atoms with van der Waals surface area (Å²) in [4.78, 5) is 48.5. The second kappa shape index (κ2) is 7.33. The summed E-state index contributed by atoms with van der Waals surface area (Å²) in [6.07, 6.45) is -0.842. The fraction of sp³-hybridized carbons (Fsp3) is 0.412. The van der Waals surface area contributed by atoms with E-state index in [0.717, 1.165) is 5.56 Å². The molecule has 3 rings (SSSR count). The molecule has 1 aromatic carbocycles. The summed E-state index contributed by atoms with van der Waals surface area (Å²) < 4.78 is 10.3. The van der Waals surface area contributed by atoms with Crippen molar-refractivity contribution in [3.05, 3.63) is 35.9 Å². The molecular weight excluding hydrogens is 328 g/mol. The normalized spacial score (nSPS) is 22.6. The molecule has 8 heteroatoms. The summed E-state index contributed by atoms with van der Waals surface area (Å²) in [5.41, 5.74) is 0.843. The minimum absolute atomic E-state index is 0.109. The summed E-state index contributed by atoms with van der Waals surface area (Å²) >= 11 is 0. The van der Waals surface area contributed by atoms with Crippen molar-refractivity contribution in [2.45, 2.75) is 38.0 Å². The first kappa shape index (κ1) is 16.9. The largest absolute Gasteiger partial charge is 0.450 e. The zero-order chi connectivity index (χ0) is 17.8. The van der Waals surface area contributed by atoms with Crippen molar-refractivity contribution >= 4 is 23.9 Å². The van der Waals surface area contributed by atoms with E-state index < -0.39 is 36.0 Å². The Balaban J connectivity index is 1.56. The maximum atomic E-state index is 12.3. The highest BCUT2D eigenvalue weighted by molar-refractivity contribution is 6.05. The van der Waals surface area contributed by atoms with Crippen LogP contribution >= 0.6 is 0 Å². The van der Waals surface area contributed by atoms with Crippen LogP contribution in [0, 0.1) is 0 Å². The predicted molar refractivity (Wildman–Crippen MR) is 84.0 cm³/mol. The van der Waals surface area contributed by atoms with Crippen molar-refractivity contribution in [1.29, 1.82) is 0 Å². The molecule has 132 valence electrons. The third kappa shape index (κ3) is 3.96. The number of amides is 3. The first-order valence-electron chi connectivity index (χ1n) is 8.06. The standard InChI is InChI=1S/C17H18N2O6/c20-14-9-13(15(21)18-14)25-16(22)12-7-4-8-19(12)17(23)24-10-11-5-2-1-3-6-11/h1-3,5-6,12-13H,4,7-10H2,(H,18,20,21)/t12-,13-/m0/s1. The third-order valence-corrected chi connectivity index (χ3v) is 4.15. The number of imide groups is 1. The highest BCUT2D eigenvalue weighted by atomic mass is 16.6. The summed E-state index contributed by atoms with van der Waals surface area (Å²) in [7, 11) is 0. The molecule has 3 amide bonds. The molecule has 8 nitrogen and oxygen atoms in total. The van der Waals surface area contributed by atoms with E-state index in [-0.39, 0.29) is 13.0 Å². The molecule has 0 bridgehead atoms. The Morgan fingerprint density at radius 1 is 1.20 bits per heavy atom. The van der Waals surface area contributed by atoms with Gasteiger partial charge in [0.2, 0.25) is 5.91 Å². The minimum Gasteiger partial charge on any atom is -0.450 e. The second-order valence-corrected chi connectivity index (χ2v) is 5.93. The van der Waals surface area contributed by atoms with Crippen LogP contribution in [-0.2, 0) is 30.5 Å². The average Bonchev–Trinajstić information content (AvgIpc) is 3.20. The Labute approximate surface area is 144 Å². The van der Waals surface area contributed by atoms with Crippen molar-refractivity contribution in [2.75, 3.05) is 6.54 Å². The summed E-state index contributed by atoms with van der Waals surface area (Å²) in [6.45, 7) is 0.487. The van der Waals surface area contributed by atoms with Crippen LogP contribution in [-0.4, -0.2) is 47.5 Å². The smallest absolute Gasteiger partial charge is 0.410 e. The minimum atomic E-state index is -1.12. The van der Waals surface area contributed by atoms with Crippen molar-refractivity contribution in [2.24, 2.45) is 0 Å². The molecule has 0 spiro atoms. The molecule has 0 aromatic heterocycles. The van der Waals surface area contributed by atoms with Gasteiger partial charge >= 0.3 is 12.1 Å². The quantitative estimate of drug-likeness (QED) is 0.637. The molecule has 25 heavy (non-hydrogen) atoms. The molecule has 2 atom stereocenters.